The second-order valence-electron chi connectivity index (χ2n) is 5.02. The Balaban J connectivity index is 2.09. The topological polar surface area (TPSA) is 78.0 Å². The number of nitro groups is 1. The summed E-state index contributed by atoms with van der Waals surface area (Å²) in [5.41, 5.74) is 2.88. The number of aromatic nitrogens is 2. The van der Waals surface area contributed by atoms with Crippen molar-refractivity contribution in [3.63, 3.8) is 0 Å². The third-order valence-electron chi connectivity index (χ3n) is 3.45. The predicted octanol–water partition coefficient (Wildman–Crippen LogP) is 3.79. The average molecular weight is 307 g/mol. The molecule has 3 aromatic rings. The molecule has 1 aromatic heterocycles. The van der Waals surface area contributed by atoms with Crippen molar-refractivity contribution < 1.29 is 9.72 Å². The molecule has 0 amide bonds. The minimum absolute atomic E-state index is 0.00548. The van der Waals surface area contributed by atoms with E-state index >= 15 is 0 Å². The Labute approximate surface area is 132 Å². The lowest BCUT2D eigenvalue weighted by atomic mass is 10.1. The Kier molecular flexibility index (Phi) is 3.72. The third-order valence-corrected chi connectivity index (χ3v) is 3.45. The summed E-state index contributed by atoms with van der Waals surface area (Å²) in [5.74, 6) is -0.222. The van der Waals surface area contributed by atoms with Crippen molar-refractivity contribution in [2.24, 2.45) is 0 Å². The van der Waals surface area contributed by atoms with Gasteiger partial charge in [-0.25, -0.2) is 0 Å². The van der Waals surface area contributed by atoms with Gasteiger partial charge in [-0.2, -0.15) is 9.78 Å². The molecule has 114 valence electrons. The lowest BCUT2D eigenvalue weighted by Gasteiger charge is -2.02. The van der Waals surface area contributed by atoms with Crippen LogP contribution in [-0.2, 0) is 0 Å². The first-order valence-corrected chi connectivity index (χ1v) is 6.97. The molecule has 1 heterocycles. The number of rotatable bonds is 3. The zero-order valence-electron chi connectivity index (χ0n) is 12.3. The van der Waals surface area contributed by atoms with Crippen LogP contribution in [0.1, 0.15) is 11.7 Å². The van der Waals surface area contributed by atoms with E-state index in [1.807, 2.05) is 30.3 Å². The fourth-order valence-electron chi connectivity index (χ4n) is 2.33. The molecule has 2 aromatic carbocycles. The summed E-state index contributed by atoms with van der Waals surface area (Å²) in [6, 6.07) is 17.4. The highest BCUT2D eigenvalue weighted by molar-refractivity contribution is 5.83. The lowest BCUT2D eigenvalue weighted by Crippen LogP contribution is -2.09. The van der Waals surface area contributed by atoms with Crippen molar-refractivity contribution in [2.75, 3.05) is 0 Å². The average Bonchev–Trinajstić information content (AvgIpc) is 3.01. The summed E-state index contributed by atoms with van der Waals surface area (Å²) in [5, 5.41) is 15.1. The van der Waals surface area contributed by atoms with Crippen molar-refractivity contribution in [3.8, 4) is 22.5 Å². The molecular formula is C17H13N3O3. The maximum atomic E-state index is 11.9. The molecule has 0 aliphatic carbocycles. The van der Waals surface area contributed by atoms with Crippen molar-refractivity contribution in [3.05, 3.63) is 70.8 Å². The van der Waals surface area contributed by atoms with Gasteiger partial charge in [0.25, 0.3) is 5.69 Å². The fourth-order valence-corrected chi connectivity index (χ4v) is 2.33. The van der Waals surface area contributed by atoms with Gasteiger partial charge in [0.15, 0.2) is 0 Å². The molecule has 3 rings (SSSR count). The van der Waals surface area contributed by atoms with Gasteiger partial charge in [0.2, 0.25) is 5.91 Å². The normalized spacial score (nSPS) is 10.5. The molecule has 0 fully saturated rings. The molecule has 0 N–H and O–H groups in total. The fraction of sp³-hybridized carbons (Fsp3) is 0.0588. The first kappa shape index (κ1) is 14.6. The van der Waals surface area contributed by atoms with Gasteiger partial charge < -0.3 is 0 Å². The van der Waals surface area contributed by atoms with Crippen LogP contribution in [0.15, 0.2) is 60.7 Å². The maximum absolute atomic E-state index is 11.9. The zero-order chi connectivity index (χ0) is 16.4. The molecule has 23 heavy (non-hydrogen) atoms. The van der Waals surface area contributed by atoms with Gasteiger partial charge in [-0.15, -0.1) is 0 Å². The standard InChI is InChI=1S/C17H13N3O3/c1-12(21)19-17(14-7-9-15(10-8-14)20(22)23)11-16(18-19)13-5-3-2-4-6-13/h2-11H,1H3. The van der Waals surface area contributed by atoms with Crippen LogP contribution < -0.4 is 0 Å². The molecule has 0 saturated heterocycles. The third kappa shape index (κ3) is 2.87. The molecule has 0 aliphatic heterocycles. The van der Waals surface area contributed by atoms with Gasteiger partial charge >= 0.3 is 0 Å². The SMILES string of the molecule is CC(=O)n1nc(-c2ccccc2)cc1-c1ccc([N+](=O)[O-])cc1. The quantitative estimate of drug-likeness (QED) is 0.545. The first-order valence-electron chi connectivity index (χ1n) is 6.97. The lowest BCUT2D eigenvalue weighted by molar-refractivity contribution is -0.384. The molecule has 0 saturated carbocycles. The molecular weight excluding hydrogens is 294 g/mol. The first-order chi connectivity index (χ1) is 11.1. The molecule has 6 nitrogen and oxygen atoms in total. The van der Waals surface area contributed by atoms with E-state index < -0.39 is 4.92 Å². The smallest absolute Gasteiger partial charge is 0.269 e. The Hall–Kier alpha value is -3.28. The van der Waals surface area contributed by atoms with Crippen LogP contribution in [0.4, 0.5) is 5.69 Å². The van der Waals surface area contributed by atoms with Gasteiger partial charge in [-0.1, -0.05) is 30.3 Å². The molecule has 0 spiro atoms. The van der Waals surface area contributed by atoms with Gasteiger partial charge in [0.05, 0.1) is 16.3 Å². The van der Waals surface area contributed by atoms with E-state index in [9.17, 15) is 14.9 Å². The van der Waals surface area contributed by atoms with Crippen LogP contribution in [0.5, 0.6) is 0 Å². The zero-order valence-corrected chi connectivity index (χ0v) is 12.3. The molecule has 0 radical (unpaired) electrons. The largest absolute Gasteiger partial charge is 0.273 e. The number of non-ortho nitro benzene ring substituents is 1. The van der Waals surface area contributed by atoms with Crippen LogP contribution in [0.25, 0.3) is 22.5 Å². The van der Waals surface area contributed by atoms with E-state index in [-0.39, 0.29) is 11.6 Å². The highest BCUT2D eigenvalue weighted by Crippen LogP contribution is 2.27. The summed E-state index contributed by atoms with van der Waals surface area (Å²) in [7, 11) is 0. The van der Waals surface area contributed by atoms with E-state index in [0.717, 1.165) is 5.56 Å². The summed E-state index contributed by atoms with van der Waals surface area (Å²) < 4.78 is 1.31. The molecule has 6 heteroatoms. The number of carbonyl (C=O) groups excluding carboxylic acids is 1. The summed E-state index contributed by atoms with van der Waals surface area (Å²) in [6.45, 7) is 1.43. The van der Waals surface area contributed by atoms with E-state index in [1.54, 1.807) is 18.2 Å². The predicted molar refractivity (Wildman–Crippen MR) is 86.1 cm³/mol. The highest BCUT2D eigenvalue weighted by Gasteiger charge is 2.15. The summed E-state index contributed by atoms with van der Waals surface area (Å²) in [4.78, 5) is 22.1. The number of benzene rings is 2. The number of nitrogens with zero attached hydrogens (tertiary/aromatic N) is 3. The molecule has 0 unspecified atom stereocenters. The van der Waals surface area contributed by atoms with Gasteiger partial charge in [0, 0.05) is 30.2 Å². The van der Waals surface area contributed by atoms with Crippen LogP contribution in [0.3, 0.4) is 0 Å². The number of hydrogen-bond acceptors (Lipinski definition) is 4. The van der Waals surface area contributed by atoms with Gasteiger partial charge in [-0.3, -0.25) is 14.9 Å². The molecule has 0 bridgehead atoms. The Morgan fingerprint density at radius 3 is 2.26 bits per heavy atom. The number of carbonyl (C=O) groups is 1. The number of hydrogen-bond donors (Lipinski definition) is 0. The highest BCUT2D eigenvalue weighted by atomic mass is 16.6. The van der Waals surface area contributed by atoms with Crippen molar-refractivity contribution >= 4 is 11.6 Å². The second-order valence-corrected chi connectivity index (χ2v) is 5.02. The van der Waals surface area contributed by atoms with Crippen LogP contribution in [0.2, 0.25) is 0 Å². The minimum atomic E-state index is -0.457. The summed E-state index contributed by atoms with van der Waals surface area (Å²) in [6.07, 6.45) is 0. The molecule has 0 atom stereocenters. The molecule has 0 aliphatic rings. The Morgan fingerprint density at radius 2 is 1.70 bits per heavy atom. The van der Waals surface area contributed by atoms with E-state index in [1.165, 1.54) is 23.7 Å². The van der Waals surface area contributed by atoms with E-state index in [4.69, 9.17) is 0 Å². The van der Waals surface area contributed by atoms with Crippen molar-refractivity contribution in [1.29, 1.82) is 0 Å². The van der Waals surface area contributed by atoms with Crippen molar-refractivity contribution in [1.82, 2.24) is 9.78 Å². The minimum Gasteiger partial charge on any atom is -0.273 e. The maximum Gasteiger partial charge on any atom is 0.269 e. The second kappa shape index (κ2) is 5.84. The van der Waals surface area contributed by atoms with Crippen LogP contribution in [-0.4, -0.2) is 20.6 Å². The Morgan fingerprint density at radius 1 is 1.04 bits per heavy atom. The Bertz CT molecular complexity index is 868. The monoisotopic (exact) mass is 307 g/mol. The van der Waals surface area contributed by atoms with Gasteiger partial charge in [-0.05, 0) is 18.2 Å². The van der Waals surface area contributed by atoms with Gasteiger partial charge in [0.1, 0.15) is 0 Å². The van der Waals surface area contributed by atoms with E-state index in [0.29, 0.717) is 17.0 Å². The summed E-state index contributed by atoms with van der Waals surface area (Å²) >= 11 is 0. The van der Waals surface area contributed by atoms with Crippen LogP contribution in [0, 0.1) is 10.1 Å². The number of nitro benzene ring substituents is 1. The van der Waals surface area contributed by atoms with Crippen LogP contribution >= 0.6 is 0 Å². The van der Waals surface area contributed by atoms with E-state index in [2.05, 4.69) is 5.10 Å². The van der Waals surface area contributed by atoms with Crippen molar-refractivity contribution in [2.45, 2.75) is 6.92 Å².